The molecule has 2 heteroatoms. The summed E-state index contributed by atoms with van der Waals surface area (Å²) in [6, 6.07) is 8.92. The Morgan fingerprint density at radius 3 is 2.11 bits per heavy atom. The average Bonchev–Trinajstić information content (AvgIpc) is 2.44. The molecule has 0 aliphatic rings. The molecule has 2 N–H and O–H groups in total. The molecule has 19 heavy (non-hydrogen) atoms. The predicted octanol–water partition coefficient (Wildman–Crippen LogP) is 4.09. The summed E-state index contributed by atoms with van der Waals surface area (Å²) in [6.07, 6.45) is 5.84. The van der Waals surface area contributed by atoms with Gasteiger partial charge in [0.25, 0.3) is 0 Å². The van der Waals surface area contributed by atoms with Gasteiger partial charge in [-0.2, -0.15) is 0 Å². The molecule has 0 radical (unpaired) electrons. The maximum atomic E-state index is 6.44. The highest BCUT2D eigenvalue weighted by Crippen LogP contribution is 2.27. The summed E-state index contributed by atoms with van der Waals surface area (Å²) < 4.78 is 5.10. The minimum Gasteiger partial charge on any atom is -0.384 e. The van der Waals surface area contributed by atoms with Gasteiger partial charge in [-0.15, -0.1) is 0 Å². The van der Waals surface area contributed by atoms with Gasteiger partial charge in [-0.25, -0.2) is 0 Å². The van der Waals surface area contributed by atoms with Crippen LogP contribution in [-0.4, -0.2) is 13.7 Å². The number of nitrogens with two attached hydrogens (primary N) is 1. The Hall–Kier alpha value is -0.860. The molecule has 1 rings (SSSR count). The molecule has 0 saturated heterocycles. The van der Waals surface area contributed by atoms with Crippen molar-refractivity contribution in [2.24, 2.45) is 11.7 Å². The molecular formula is C17H29NO. The topological polar surface area (TPSA) is 35.2 Å². The highest BCUT2D eigenvalue weighted by molar-refractivity contribution is 5.25. The van der Waals surface area contributed by atoms with Crippen LogP contribution in [0.1, 0.15) is 56.7 Å². The van der Waals surface area contributed by atoms with E-state index in [4.69, 9.17) is 10.5 Å². The molecule has 0 aliphatic carbocycles. The lowest BCUT2D eigenvalue weighted by Crippen LogP contribution is -2.21. The molecule has 0 heterocycles. The Balaban J connectivity index is 2.66. The van der Waals surface area contributed by atoms with Gasteiger partial charge in [0.1, 0.15) is 0 Å². The zero-order valence-electron chi connectivity index (χ0n) is 12.7. The van der Waals surface area contributed by atoms with Crippen molar-refractivity contribution in [2.75, 3.05) is 13.7 Å². The third kappa shape index (κ3) is 5.33. The van der Waals surface area contributed by atoms with Gasteiger partial charge in [0.2, 0.25) is 0 Å². The number of benzene rings is 1. The van der Waals surface area contributed by atoms with Crippen molar-refractivity contribution in [1.82, 2.24) is 0 Å². The Bertz CT molecular complexity index is 328. The van der Waals surface area contributed by atoms with Crippen molar-refractivity contribution >= 4 is 0 Å². The standard InChI is InChI=1S/C17H29NO/c1-4-6-15(7-5-2)17(18)16-10-8-14(9-11-16)12-13-19-3/h8-11,15,17H,4-7,12-13,18H2,1-3H3. The van der Waals surface area contributed by atoms with Crippen LogP contribution in [0, 0.1) is 5.92 Å². The van der Waals surface area contributed by atoms with Crippen LogP contribution in [0.5, 0.6) is 0 Å². The van der Waals surface area contributed by atoms with Gasteiger partial charge >= 0.3 is 0 Å². The molecule has 0 saturated carbocycles. The Morgan fingerprint density at radius 2 is 1.63 bits per heavy atom. The van der Waals surface area contributed by atoms with Crippen molar-refractivity contribution in [1.29, 1.82) is 0 Å². The van der Waals surface area contributed by atoms with E-state index >= 15 is 0 Å². The molecule has 0 bridgehead atoms. The summed E-state index contributed by atoms with van der Waals surface area (Å²) >= 11 is 0. The third-order valence-corrected chi connectivity index (χ3v) is 3.79. The first-order chi connectivity index (χ1) is 9.22. The monoisotopic (exact) mass is 263 g/mol. The summed E-state index contributed by atoms with van der Waals surface area (Å²) in [5.74, 6) is 0.611. The largest absolute Gasteiger partial charge is 0.384 e. The van der Waals surface area contributed by atoms with Crippen LogP contribution < -0.4 is 5.73 Å². The molecule has 1 atom stereocenters. The molecule has 0 amide bonds. The zero-order valence-corrected chi connectivity index (χ0v) is 12.7. The average molecular weight is 263 g/mol. The molecule has 0 aromatic heterocycles. The fraction of sp³-hybridized carbons (Fsp3) is 0.647. The van der Waals surface area contributed by atoms with E-state index in [9.17, 15) is 0 Å². The first kappa shape index (κ1) is 16.2. The Kier molecular flexibility index (Phi) is 7.76. The Morgan fingerprint density at radius 1 is 1.05 bits per heavy atom. The van der Waals surface area contributed by atoms with Gasteiger partial charge in [-0.05, 0) is 36.3 Å². The van der Waals surface area contributed by atoms with Crippen LogP contribution in [0.4, 0.5) is 0 Å². The van der Waals surface area contributed by atoms with E-state index in [1.807, 2.05) is 0 Å². The SMILES string of the molecule is CCCC(CCC)C(N)c1ccc(CCOC)cc1. The molecule has 0 aliphatic heterocycles. The smallest absolute Gasteiger partial charge is 0.0502 e. The van der Waals surface area contributed by atoms with Crippen LogP contribution >= 0.6 is 0 Å². The first-order valence-corrected chi connectivity index (χ1v) is 7.56. The number of hydrogen-bond acceptors (Lipinski definition) is 2. The van der Waals surface area contributed by atoms with Crippen molar-refractivity contribution in [3.63, 3.8) is 0 Å². The van der Waals surface area contributed by atoms with E-state index in [0.717, 1.165) is 13.0 Å². The van der Waals surface area contributed by atoms with Gasteiger partial charge in [0.05, 0.1) is 6.61 Å². The lowest BCUT2D eigenvalue weighted by molar-refractivity contribution is 0.202. The van der Waals surface area contributed by atoms with Crippen LogP contribution in [-0.2, 0) is 11.2 Å². The second-order valence-electron chi connectivity index (χ2n) is 5.35. The van der Waals surface area contributed by atoms with Crippen molar-refractivity contribution in [3.05, 3.63) is 35.4 Å². The molecule has 108 valence electrons. The van der Waals surface area contributed by atoms with Crippen LogP contribution in [0.2, 0.25) is 0 Å². The first-order valence-electron chi connectivity index (χ1n) is 7.56. The van der Waals surface area contributed by atoms with E-state index in [0.29, 0.717) is 5.92 Å². The maximum absolute atomic E-state index is 6.44. The fourth-order valence-corrected chi connectivity index (χ4v) is 2.64. The molecule has 0 fully saturated rings. The molecule has 0 spiro atoms. The summed E-state index contributed by atoms with van der Waals surface area (Å²) in [7, 11) is 1.74. The number of rotatable bonds is 9. The van der Waals surface area contributed by atoms with Gasteiger partial charge in [-0.3, -0.25) is 0 Å². The van der Waals surface area contributed by atoms with E-state index in [1.165, 1.54) is 36.8 Å². The Labute approximate surface area is 118 Å². The van der Waals surface area contributed by atoms with E-state index in [1.54, 1.807) is 7.11 Å². The zero-order chi connectivity index (χ0) is 14.1. The van der Waals surface area contributed by atoms with Gasteiger partial charge in [0, 0.05) is 13.2 Å². The maximum Gasteiger partial charge on any atom is 0.0502 e. The fourth-order valence-electron chi connectivity index (χ4n) is 2.64. The molecule has 1 aromatic carbocycles. The van der Waals surface area contributed by atoms with Crippen molar-refractivity contribution in [3.8, 4) is 0 Å². The van der Waals surface area contributed by atoms with E-state index in [-0.39, 0.29) is 6.04 Å². The summed E-state index contributed by atoms with van der Waals surface area (Å²) in [6.45, 7) is 5.26. The highest BCUT2D eigenvalue weighted by atomic mass is 16.5. The number of hydrogen-bond donors (Lipinski definition) is 1. The lowest BCUT2D eigenvalue weighted by Gasteiger charge is -2.23. The van der Waals surface area contributed by atoms with E-state index in [2.05, 4.69) is 38.1 Å². The number of methoxy groups -OCH3 is 1. The molecule has 1 unspecified atom stereocenters. The normalized spacial score (nSPS) is 12.9. The lowest BCUT2D eigenvalue weighted by atomic mass is 9.86. The van der Waals surface area contributed by atoms with Crippen LogP contribution in [0.15, 0.2) is 24.3 Å². The summed E-state index contributed by atoms with van der Waals surface area (Å²) in [4.78, 5) is 0. The van der Waals surface area contributed by atoms with Gasteiger partial charge in [0.15, 0.2) is 0 Å². The third-order valence-electron chi connectivity index (χ3n) is 3.79. The van der Waals surface area contributed by atoms with Crippen molar-refractivity contribution in [2.45, 2.75) is 52.0 Å². The van der Waals surface area contributed by atoms with Crippen molar-refractivity contribution < 1.29 is 4.74 Å². The van der Waals surface area contributed by atoms with Crippen LogP contribution in [0.3, 0.4) is 0 Å². The van der Waals surface area contributed by atoms with Crippen LogP contribution in [0.25, 0.3) is 0 Å². The minimum atomic E-state index is 0.177. The van der Waals surface area contributed by atoms with Gasteiger partial charge < -0.3 is 10.5 Å². The quantitative estimate of drug-likeness (QED) is 0.728. The molecule has 1 aromatic rings. The minimum absolute atomic E-state index is 0.177. The molecule has 2 nitrogen and oxygen atoms in total. The molecular weight excluding hydrogens is 234 g/mol. The summed E-state index contributed by atoms with van der Waals surface area (Å²) in [5, 5.41) is 0. The predicted molar refractivity (Wildman–Crippen MR) is 82.3 cm³/mol. The second kappa shape index (κ2) is 9.11. The van der Waals surface area contributed by atoms with E-state index < -0.39 is 0 Å². The number of ether oxygens (including phenoxy) is 1. The van der Waals surface area contributed by atoms with Gasteiger partial charge in [-0.1, -0.05) is 51.0 Å². The second-order valence-corrected chi connectivity index (χ2v) is 5.35. The highest BCUT2D eigenvalue weighted by Gasteiger charge is 2.17. The summed E-state index contributed by atoms with van der Waals surface area (Å²) in [5.41, 5.74) is 9.03.